The largest absolute Gasteiger partial charge is 0.496 e. The van der Waals surface area contributed by atoms with Gasteiger partial charge in [-0.15, -0.1) is 0 Å². The van der Waals surface area contributed by atoms with E-state index in [-0.39, 0.29) is 5.41 Å². The van der Waals surface area contributed by atoms with Gasteiger partial charge in [0.1, 0.15) is 5.75 Å². The highest BCUT2D eigenvalue weighted by Gasteiger charge is 2.33. The summed E-state index contributed by atoms with van der Waals surface area (Å²) >= 11 is 0. The molecule has 0 unspecified atom stereocenters. The fourth-order valence-corrected chi connectivity index (χ4v) is 2.38. The predicted molar refractivity (Wildman–Crippen MR) is 75.6 cm³/mol. The summed E-state index contributed by atoms with van der Waals surface area (Å²) in [5.41, 5.74) is 2.25. The number of benzene rings is 1. The zero-order chi connectivity index (χ0) is 14.1. The summed E-state index contributed by atoms with van der Waals surface area (Å²) in [6, 6.07) is 6.17. The van der Waals surface area contributed by atoms with Gasteiger partial charge in [-0.2, -0.15) is 0 Å². The molecule has 0 atom stereocenters. The van der Waals surface area contributed by atoms with Crippen LogP contribution in [-0.4, -0.2) is 20.3 Å². The molecule has 0 saturated carbocycles. The molecule has 0 spiro atoms. The summed E-state index contributed by atoms with van der Waals surface area (Å²) < 4.78 is 17.1. The van der Waals surface area contributed by atoms with Gasteiger partial charge in [0.2, 0.25) is 0 Å². The molecular formula is C16H24O3. The van der Waals surface area contributed by atoms with E-state index in [1.54, 1.807) is 7.11 Å². The van der Waals surface area contributed by atoms with Crippen LogP contribution in [0.3, 0.4) is 0 Å². The maximum atomic E-state index is 5.83. The highest BCUT2D eigenvalue weighted by Crippen LogP contribution is 2.37. The van der Waals surface area contributed by atoms with Gasteiger partial charge in [-0.1, -0.05) is 20.8 Å². The van der Waals surface area contributed by atoms with Crippen molar-refractivity contribution in [3.05, 3.63) is 29.3 Å². The van der Waals surface area contributed by atoms with Crippen LogP contribution in [0.5, 0.6) is 5.75 Å². The summed E-state index contributed by atoms with van der Waals surface area (Å²) in [5.74, 6) is 0.278. The number of methoxy groups -OCH3 is 1. The van der Waals surface area contributed by atoms with Crippen LogP contribution in [0, 0.1) is 0 Å². The third kappa shape index (κ3) is 2.93. The van der Waals surface area contributed by atoms with Crippen LogP contribution in [0.15, 0.2) is 18.2 Å². The number of ether oxygens (including phenoxy) is 3. The molecule has 1 aliphatic rings. The highest BCUT2D eigenvalue weighted by molar-refractivity contribution is 5.42. The van der Waals surface area contributed by atoms with Crippen molar-refractivity contribution in [2.45, 2.75) is 45.3 Å². The number of hydrogen-bond acceptors (Lipinski definition) is 3. The van der Waals surface area contributed by atoms with Crippen molar-refractivity contribution in [2.75, 3.05) is 20.3 Å². The number of rotatable bonds is 2. The van der Waals surface area contributed by atoms with Crippen LogP contribution < -0.4 is 4.74 Å². The molecule has 1 fully saturated rings. The van der Waals surface area contributed by atoms with Crippen molar-refractivity contribution in [2.24, 2.45) is 0 Å². The molecule has 0 radical (unpaired) electrons. The van der Waals surface area contributed by atoms with Crippen molar-refractivity contribution in [1.29, 1.82) is 0 Å². The van der Waals surface area contributed by atoms with Crippen LogP contribution in [0.25, 0.3) is 0 Å². The second-order valence-electron chi connectivity index (χ2n) is 6.16. The third-order valence-electron chi connectivity index (χ3n) is 3.58. The molecule has 106 valence electrons. The Balaban J connectivity index is 2.43. The molecule has 1 saturated heterocycles. The molecule has 3 heteroatoms. The lowest BCUT2D eigenvalue weighted by Gasteiger charge is -2.35. The SMILES string of the molecule is COc1ccc(C2(C)OCCCO2)cc1C(C)(C)C. The number of hydrogen-bond donors (Lipinski definition) is 0. The highest BCUT2D eigenvalue weighted by atomic mass is 16.7. The van der Waals surface area contributed by atoms with E-state index in [1.807, 2.05) is 19.1 Å². The summed E-state index contributed by atoms with van der Waals surface area (Å²) in [7, 11) is 1.71. The lowest BCUT2D eigenvalue weighted by atomic mass is 9.84. The summed E-state index contributed by atoms with van der Waals surface area (Å²) in [5, 5.41) is 0. The molecule has 0 N–H and O–H groups in total. The standard InChI is InChI=1S/C16H24O3/c1-15(2,3)13-11-12(7-8-14(13)17-5)16(4)18-9-6-10-19-16/h7-8,11H,6,9-10H2,1-5H3. The Bertz CT molecular complexity index is 440. The van der Waals surface area contributed by atoms with Crippen LogP contribution in [0.2, 0.25) is 0 Å². The zero-order valence-electron chi connectivity index (χ0n) is 12.6. The quantitative estimate of drug-likeness (QED) is 0.817. The van der Waals surface area contributed by atoms with Gasteiger partial charge >= 0.3 is 0 Å². The normalized spacial score (nSPS) is 19.2. The fraction of sp³-hybridized carbons (Fsp3) is 0.625. The van der Waals surface area contributed by atoms with Crippen LogP contribution >= 0.6 is 0 Å². The van der Waals surface area contributed by atoms with Crippen molar-refractivity contribution in [1.82, 2.24) is 0 Å². The Kier molecular flexibility index (Phi) is 3.88. The van der Waals surface area contributed by atoms with E-state index in [4.69, 9.17) is 14.2 Å². The summed E-state index contributed by atoms with van der Waals surface area (Å²) in [6.07, 6.45) is 0.956. The van der Waals surface area contributed by atoms with Crippen molar-refractivity contribution in [3.63, 3.8) is 0 Å². The Labute approximate surface area is 115 Å². The lowest BCUT2D eigenvalue weighted by Crippen LogP contribution is -2.35. The van der Waals surface area contributed by atoms with Crippen molar-refractivity contribution < 1.29 is 14.2 Å². The van der Waals surface area contributed by atoms with Gasteiger partial charge in [-0.05, 0) is 42.5 Å². The van der Waals surface area contributed by atoms with E-state index in [9.17, 15) is 0 Å². The Hall–Kier alpha value is -1.06. The average Bonchev–Trinajstić information content (AvgIpc) is 2.38. The van der Waals surface area contributed by atoms with Crippen LogP contribution in [-0.2, 0) is 20.7 Å². The topological polar surface area (TPSA) is 27.7 Å². The first-order chi connectivity index (χ1) is 8.87. The van der Waals surface area contributed by atoms with E-state index in [2.05, 4.69) is 26.8 Å². The average molecular weight is 264 g/mol. The molecule has 0 aromatic heterocycles. The smallest absolute Gasteiger partial charge is 0.191 e. The fourth-order valence-electron chi connectivity index (χ4n) is 2.38. The molecule has 1 aromatic carbocycles. The molecular weight excluding hydrogens is 240 g/mol. The van der Waals surface area contributed by atoms with Gasteiger partial charge in [0.05, 0.1) is 20.3 Å². The first-order valence-corrected chi connectivity index (χ1v) is 6.84. The van der Waals surface area contributed by atoms with Gasteiger partial charge in [0.15, 0.2) is 5.79 Å². The Morgan fingerprint density at radius 3 is 2.32 bits per heavy atom. The van der Waals surface area contributed by atoms with Crippen LogP contribution in [0.4, 0.5) is 0 Å². The van der Waals surface area contributed by atoms with Gasteiger partial charge < -0.3 is 14.2 Å². The van der Waals surface area contributed by atoms with E-state index < -0.39 is 5.79 Å². The lowest BCUT2D eigenvalue weighted by molar-refractivity contribution is -0.264. The van der Waals surface area contributed by atoms with Gasteiger partial charge in [-0.25, -0.2) is 0 Å². The molecule has 1 aliphatic heterocycles. The molecule has 1 aromatic rings. The minimum Gasteiger partial charge on any atom is -0.496 e. The zero-order valence-corrected chi connectivity index (χ0v) is 12.6. The monoisotopic (exact) mass is 264 g/mol. The second kappa shape index (κ2) is 5.14. The maximum absolute atomic E-state index is 5.83. The van der Waals surface area contributed by atoms with Crippen LogP contribution in [0.1, 0.15) is 45.2 Å². The van der Waals surface area contributed by atoms with E-state index in [0.717, 1.165) is 30.9 Å². The Morgan fingerprint density at radius 2 is 1.79 bits per heavy atom. The van der Waals surface area contributed by atoms with Crippen molar-refractivity contribution in [3.8, 4) is 5.75 Å². The molecule has 0 bridgehead atoms. The molecule has 0 amide bonds. The first-order valence-electron chi connectivity index (χ1n) is 6.84. The minimum absolute atomic E-state index is 0.0202. The summed E-state index contributed by atoms with van der Waals surface area (Å²) in [6.45, 7) is 10.0. The van der Waals surface area contributed by atoms with Crippen molar-refractivity contribution >= 4 is 0 Å². The maximum Gasteiger partial charge on any atom is 0.191 e. The molecule has 1 heterocycles. The predicted octanol–water partition coefficient (Wildman–Crippen LogP) is 3.60. The minimum atomic E-state index is -0.634. The molecule has 19 heavy (non-hydrogen) atoms. The van der Waals surface area contributed by atoms with E-state index >= 15 is 0 Å². The molecule has 2 rings (SSSR count). The van der Waals surface area contributed by atoms with E-state index in [1.165, 1.54) is 5.56 Å². The Morgan fingerprint density at radius 1 is 1.16 bits per heavy atom. The van der Waals surface area contributed by atoms with Gasteiger partial charge in [0, 0.05) is 5.56 Å². The van der Waals surface area contributed by atoms with Gasteiger partial charge in [0.25, 0.3) is 0 Å². The van der Waals surface area contributed by atoms with E-state index in [0.29, 0.717) is 0 Å². The molecule has 0 aliphatic carbocycles. The third-order valence-corrected chi connectivity index (χ3v) is 3.58. The second-order valence-corrected chi connectivity index (χ2v) is 6.16. The van der Waals surface area contributed by atoms with Gasteiger partial charge in [-0.3, -0.25) is 0 Å². The molecule has 3 nitrogen and oxygen atoms in total. The first kappa shape index (κ1) is 14.4. The summed E-state index contributed by atoms with van der Waals surface area (Å²) in [4.78, 5) is 0.